The van der Waals surface area contributed by atoms with Crippen LogP contribution in [0.4, 0.5) is 0 Å². The molecule has 0 saturated carbocycles. The Hall–Kier alpha value is -0.640. The lowest BCUT2D eigenvalue weighted by Gasteiger charge is -2.21. The second kappa shape index (κ2) is 5.29. The lowest BCUT2D eigenvalue weighted by molar-refractivity contribution is -0.132. The van der Waals surface area contributed by atoms with Crippen LogP contribution in [0.25, 0.3) is 0 Å². The molecule has 1 unspecified atom stereocenters. The molecule has 1 atom stereocenters. The minimum absolute atomic E-state index is 0.136. The lowest BCUT2D eigenvalue weighted by Crippen LogP contribution is -2.39. The molecule has 0 aromatic heterocycles. The van der Waals surface area contributed by atoms with Crippen LogP contribution in [0, 0.1) is 5.92 Å². The zero-order valence-electron chi connectivity index (χ0n) is 8.66. The predicted octanol–water partition coefficient (Wildman–Crippen LogP) is 1.31. The number of amides is 1. The first-order valence-corrected chi connectivity index (χ1v) is 5.65. The van der Waals surface area contributed by atoms with E-state index in [1.165, 1.54) is 0 Å². The highest BCUT2D eigenvalue weighted by molar-refractivity contribution is 7.80. The molecule has 3 nitrogen and oxygen atoms in total. The van der Waals surface area contributed by atoms with E-state index in [0.717, 1.165) is 38.8 Å². The molecule has 0 spiro atoms. The molecule has 1 fully saturated rings. The average molecular weight is 214 g/mol. The van der Waals surface area contributed by atoms with Crippen molar-refractivity contribution in [2.45, 2.75) is 32.6 Å². The standard InChI is InChI=1S/C10H18N2OS/c1-2-5-8(9(11)14)10(13)12-6-3-4-7-12/h8H,2-7H2,1H3,(H2,11,14). The van der Waals surface area contributed by atoms with E-state index in [4.69, 9.17) is 18.0 Å². The molecular formula is C10H18N2OS. The van der Waals surface area contributed by atoms with Crippen molar-refractivity contribution in [3.8, 4) is 0 Å². The molecule has 14 heavy (non-hydrogen) atoms. The summed E-state index contributed by atoms with van der Waals surface area (Å²) in [6.45, 7) is 3.80. The summed E-state index contributed by atoms with van der Waals surface area (Å²) in [5.74, 6) is -0.0926. The van der Waals surface area contributed by atoms with Gasteiger partial charge in [0.15, 0.2) is 0 Å². The van der Waals surface area contributed by atoms with Crippen molar-refractivity contribution in [3.63, 3.8) is 0 Å². The summed E-state index contributed by atoms with van der Waals surface area (Å²) < 4.78 is 0. The highest BCUT2D eigenvalue weighted by atomic mass is 32.1. The van der Waals surface area contributed by atoms with Gasteiger partial charge in [-0.3, -0.25) is 4.79 Å². The van der Waals surface area contributed by atoms with Crippen molar-refractivity contribution in [3.05, 3.63) is 0 Å². The number of nitrogens with zero attached hydrogens (tertiary/aromatic N) is 1. The Kier molecular flexibility index (Phi) is 4.32. The van der Waals surface area contributed by atoms with Crippen LogP contribution in [-0.4, -0.2) is 28.9 Å². The Morgan fingerprint density at radius 3 is 2.50 bits per heavy atom. The maximum Gasteiger partial charge on any atom is 0.232 e. The Morgan fingerprint density at radius 1 is 1.50 bits per heavy atom. The first kappa shape index (κ1) is 11.4. The molecule has 1 rings (SSSR count). The molecule has 4 heteroatoms. The van der Waals surface area contributed by atoms with Crippen LogP contribution >= 0.6 is 12.2 Å². The number of thiocarbonyl (C=S) groups is 1. The third kappa shape index (κ3) is 2.67. The molecule has 2 N–H and O–H groups in total. The number of hydrogen-bond donors (Lipinski definition) is 1. The molecule has 1 aliphatic rings. The second-order valence-corrected chi connectivity index (χ2v) is 4.25. The van der Waals surface area contributed by atoms with Crippen LogP contribution in [-0.2, 0) is 4.79 Å². The van der Waals surface area contributed by atoms with Crippen LogP contribution in [0.3, 0.4) is 0 Å². The topological polar surface area (TPSA) is 46.3 Å². The summed E-state index contributed by atoms with van der Waals surface area (Å²) in [6.07, 6.45) is 3.95. The highest BCUT2D eigenvalue weighted by Crippen LogP contribution is 2.16. The van der Waals surface area contributed by atoms with Crippen molar-refractivity contribution in [2.75, 3.05) is 13.1 Å². The van der Waals surface area contributed by atoms with Gasteiger partial charge in [0, 0.05) is 13.1 Å². The lowest BCUT2D eigenvalue weighted by atomic mass is 10.0. The van der Waals surface area contributed by atoms with Crippen LogP contribution < -0.4 is 5.73 Å². The third-order valence-corrected chi connectivity index (χ3v) is 2.92. The van der Waals surface area contributed by atoms with Crippen molar-refractivity contribution in [1.29, 1.82) is 0 Å². The van der Waals surface area contributed by atoms with Gasteiger partial charge in [-0.05, 0) is 19.3 Å². The second-order valence-electron chi connectivity index (χ2n) is 3.78. The fourth-order valence-corrected chi connectivity index (χ4v) is 2.05. The van der Waals surface area contributed by atoms with E-state index in [1.807, 2.05) is 11.8 Å². The number of nitrogens with two attached hydrogens (primary N) is 1. The van der Waals surface area contributed by atoms with E-state index in [2.05, 4.69) is 0 Å². The van der Waals surface area contributed by atoms with Gasteiger partial charge >= 0.3 is 0 Å². The van der Waals surface area contributed by atoms with Gasteiger partial charge in [-0.25, -0.2) is 0 Å². The fraction of sp³-hybridized carbons (Fsp3) is 0.800. The minimum Gasteiger partial charge on any atom is -0.393 e. The van der Waals surface area contributed by atoms with Crippen LogP contribution in [0.2, 0.25) is 0 Å². The van der Waals surface area contributed by atoms with E-state index >= 15 is 0 Å². The summed E-state index contributed by atoms with van der Waals surface area (Å²) >= 11 is 4.92. The summed E-state index contributed by atoms with van der Waals surface area (Å²) in [5.41, 5.74) is 5.58. The van der Waals surface area contributed by atoms with Gasteiger partial charge in [0.25, 0.3) is 0 Å². The van der Waals surface area contributed by atoms with Crippen LogP contribution in [0.15, 0.2) is 0 Å². The molecule has 80 valence electrons. The molecular weight excluding hydrogens is 196 g/mol. The van der Waals surface area contributed by atoms with E-state index in [0.29, 0.717) is 4.99 Å². The van der Waals surface area contributed by atoms with Crippen molar-refractivity contribution in [2.24, 2.45) is 11.7 Å². The third-order valence-electron chi connectivity index (χ3n) is 2.64. The van der Waals surface area contributed by atoms with Gasteiger partial charge in [0.1, 0.15) is 0 Å². The monoisotopic (exact) mass is 214 g/mol. The predicted molar refractivity (Wildman–Crippen MR) is 61.0 cm³/mol. The molecule has 0 aliphatic carbocycles. The normalized spacial score (nSPS) is 18.2. The first-order chi connectivity index (χ1) is 6.66. The molecule has 0 aromatic rings. The SMILES string of the molecule is CCCC(C(=O)N1CCCC1)C(N)=S. The Balaban J connectivity index is 2.57. The summed E-state index contributed by atoms with van der Waals surface area (Å²) in [5, 5.41) is 0. The number of rotatable bonds is 4. The van der Waals surface area contributed by atoms with Gasteiger partial charge in [-0.2, -0.15) is 0 Å². The molecule has 1 heterocycles. The Bertz CT molecular complexity index is 224. The van der Waals surface area contributed by atoms with Gasteiger partial charge in [0.2, 0.25) is 5.91 Å². The van der Waals surface area contributed by atoms with Gasteiger partial charge in [0.05, 0.1) is 10.9 Å². The minimum atomic E-state index is -0.229. The van der Waals surface area contributed by atoms with Gasteiger partial charge in [-0.15, -0.1) is 0 Å². The number of hydrogen-bond acceptors (Lipinski definition) is 2. The average Bonchev–Trinajstić information content (AvgIpc) is 2.65. The maximum atomic E-state index is 11.9. The quantitative estimate of drug-likeness (QED) is 0.718. The van der Waals surface area contributed by atoms with Crippen LogP contribution in [0.5, 0.6) is 0 Å². The van der Waals surface area contributed by atoms with Gasteiger partial charge < -0.3 is 10.6 Å². The summed E-state index contributed by atoms with van der Waals surface area (Å²) in [7, 11) is 0. The largest absolute Gasteiger partial charge is 0.393 e. The van der Waals surface area contributed by atoms with Crippen LogP contribution in [0.1, 0.15) is 32.6 Å². The number of carbonyl (C=O) groups is 1. The summed E-state index contributed by atoms with van der Waals surface area (Å²) in [6, 6.07) is 0. The van der Waals surface area contributed by atoms with Crippen molar-refractivity contribution < 1.29 is 4.79 Å². The number of carbonyl (C=O) groups excluding carboxylic acids is 1. The summed E-state index contributed by atoms with van der Waals surface area (Å²) in [4.78, 5) is 14.2. The Labute approximate surface area is 90.6 Å². The maximum absolute atomic E-state index is 11.9. The molecule has 0 radical (unpaired) electrons. The molecule has 1 aliphatic heterocycles. The zero-order chi connectivity index (χ0) is 10.6. The fourth-order valence-electron chi connectivity index (χ4n) is 1.83. The number of likely N-dealkylation sites (tertiary alicyclic amines) is 1. The van der Waals surface area contributed by atoms with E-state index in [-0.39, 0.29) is 11.8 Å². The molecule has 1 saturated heterocycles. The van der Waals surface area contributed by atoms with Gasteiger partial charge in [-0.1, -0.05) is 25.6 Å². The highest BCUT2D eigenvalue weighted by Gasteiger charge is 2.27. The first-order valence-electron chi connectivity index (χ1n) is 5.25. The molecule has 0 bridgehead atoms. The van der Waals surface area contributed by atoms with E-state index in [1.54, 1.807) is 0 Å². The van der Waals surface area contributed by atoms with E-state index in [9.17, 15) is 4.79 Å². The van der Waals surface area contributed by atoms with E-state index < -0.39 is 0 Å². The molecule has 0 aromatic carbocycles. The zero-order valence-corrected chi connectivity index (χ0v) is 9.48. The van der Waals surface area contributed by atoms with Crippen molar-refractivity contribution >= 4 is 23.1 Å². The smallest absolute Gasteiger partial charge is 0.232 e. The molecule has 1 amide bonds. The van der Waals surface area contributed by atoms with Crippen molar-refractivity contribution in [1.82, 2.24) is 4.90 Å². The Morgan fingerprint density at radius 2 is 2.07 bits per heavy atom.